The van der Waals surface area contributed by atoms with E-state index < -0.39 is 36.4 Å². The highest BCUT2D eigenvalue weighted by molar-refractivity contribution is 5.84. The average molecular weight is 1160 g/mol. The van der Waals surface area contributed by atoms with E-state index in [1.54, 1.807) is 0 Å². The molecule has 81 heavy (non-hydrogen) atoms. The molecular weight excluding hydrogens is 1040 g/mol. The van der Waals surface area contributed by atoms with E-state index in [1.807, 2.05) is 0 Å². The number of carbonyl (C=O) groups is 8. The van der Waals surface area contributed by atoms with E-state index >= 15 is 0 Å². The molecule has 0 spiro atoms. The summed E-state index contributed by atoms with van der Waals surface area (Å²) in [6.07, 6.45) is 1.05. The Morgan fingerprint density at radius 1 is 0.333 bits per heavy atom. The molecule has 0 saturated heterocycles. The van der Waals surface area contributed by atoms with E-state index in [1.165, 1.54) is 9.80 Å². The molecule has 5 amide bonds. The predicted octanol–water partition coefficient (Wildman–Crippen LogP) is 10.1. The molecule has 0 aliphatic carbocycles. The van der Waals surface area contributed by atoms with Crippen LogP contribution in [-0.4, -0.2) is 161 Å². The number of rotatable bonds is 44. The van der Waals surface area contributed by atoms with Crippen LogP contribution in [0.2, 0.25) is 0 Å². The number of alkyl carbamates (subject to hydrolysis) is 2. The van der Waals surface area contributed by atoms with Crippen molar-refractivity contribution in [2.45, 2.75) is 212 Å². The summed E-state index contributed by atoms with van der Waals surface area (Å²) in [6.45, 7) is 33.8. The van der Waals surface area contributed by atoms with Crippen molar-refractivity contribution < 1.29 is 71.5 Å². The van der Waals surface area contributed by atoms with Gasteiger partial charge in [0.15, 0.2) is 0 Å². The highest BCUT2D eigenvalue weighted by Crippen LogP contribution is 2.21. The van der Waals surface area contributed by atoms with Gasteiger partial charge in [0.25, 0.3) is 0 Å². The molecule has 0 rings (SSSR count). The lowest BCUT2D eigenvalue weighted by molar-refractivity contribution is -0.146. The second-order valence-electron chi connectivity index (χ2n) is 24.7. The van der Waals surface area contributed by atoms with Gasteiger partial charge in [0, 0.05) is 65.1 Å². The maximum Gasteiger partial charge on any atom is 0.508 e. The van der Waals surface area contributed by atoms with E-state index in [0.29, 0.717) is 79.6 Å². The monoisotopic (exact) mass is 1160 g/mol. The standard InChI is InChI=1S/C60H112N6O15/c1-41(2)33-49(34-42(3)4)78-57(71)63-23-26-65(28-31-76-59(73)80-51(37-45(9)10)38-46(11)12)54(68)18-17-53(67)62-22-21-61-25-30-75-56(70)20-19-55(69)66(27-24-64-58(72)79-50(35-43(5)6)36-44(7)8)29-32-77-60(74)81-52(39-47(13)14)40-48(15)16/h41-52,61H,17-40H2,1-16H3,(H,62,67)(H,63,71)(H,64,72). The van der Waals surface area contributed by atoms with Crippen molar-refractivity contribution in [3.63, 3.8) is 0 Å². The van der Waals surface area contributed by atoms with Crippen LogP contribution in [-0.2, 0) is 52.3 Å². The van der Waals surface area contributed by atoms with Gasteiger partial charge >= 0.3 is 30.5 Å². The summed E-state index contributed by atoms with van der Waals surface area (Å²) in [4.78, 5) is 106. The number of hydrogen-bond donors (Lipinski definition) is 4. The lowest BCUT2D eigenvalue weighted by Gasteiger charge is -2.25. The highest BCUT2D eigenvalue weighted by Gasteiger charge is 2.25. The number of nitrogens with one attached hydrogen (secondary N) is 4. The van der Waals surface area contributed by atoms with Crippen molar-refractivity contribution in [1.29, 1.82) is 0 Å². The van der Waals surface area contributed by atoms with Gasteiger partial charge in [0.05, 0.1) is 19.5 Å². The van der Waals surface area contributed by atoms with Crippen LogP contribution in [0, 0.1) is 47.3 Å². The van der Waals surface area contributed by atoms with Gasteiger partial charge in [0.2, 0.25) is 17.7 Å². The number of carbonyl (C=O) groups excluding carboxylic acids is 8. The summed E-state index contributed by atoms with van der Waals surface area (Å²) in [6, 6.07) is 0. The molecule has 0 unspecified atom stereocenters. The largest absolute Gasteiger partial charge is 0.508 e. The Hall–Kier alpha value is -5.08. The fraction of sp³-hybridized carbons (Fsp3) is 0.867. The van der Waals surface area contributed by atoms with Crippen molar-refractivity contribution in [3.05, 3.63) is 0 Å². The van der Waals surface area contributed by atoms with Gasteiger partial charge in [-0.05, 0) is 98.7 Å². The zero-order valence-corrected chi connectivity index (χ0v) is 52.9. The van der Waals surface area contributed by atoms with Gasteiger partial charge < -0.3 is 64.2 Å². The van der Waals surface area contributed by atoms with Crippen LogP contribution in [0.25, 0.3) is 0 Å². The Labute approximate surface area is 487 Å². The third kappa shape index (κ3) is 44.2. The minimum Gasteiger partial charge on any atom is -0.464 e. The minimum atomic E-state index is -0.826. The van der Waals surface area contributed by atoms with Crippen LogP contribution in [0.3, 0.4) is 0 Å². The Morgan fingerprint density at radius 3 is 1.01 bits per heavy atom. The van der Waals surface area contributed by atoms with Crippen LogP contribution in [0.15, 0.2) is 0 Å². The summed E-state index contributed by atoms with van der Waals surface area (Å²) in [5.41, 5.74) is 0. The third-order valence-electron chi connectivity index (χ3n) is 12.4. The first-order valence-electron chi connectivity index (χ1n) is 30.3. The number of esters is 1. The molecule has 21 nitrogen and oxygen atoms in total. The summed E-state index contributed by atoms with van der Waals surface area (Å²) in [5, 5.41) is 11.3. The van der Waals surface area contributed by atoms with E-state index in [0.717, 1.165) is 25.7 Å². The normalized spacial score (nSPS) is 11.7. The van der Waals surface area contributed by atoms with Gasteiger partial charge in [-0.25, -0.2) is 19.2 Å². The second-order valence-corrected chi connectivity index (χ2v) is 24.7. The molecule has 0 aromatic carbocycles. The number of nitrogens with zero attached hydrogens (tertiary/aromatic N) is 2. The Balaban J connectivity index is 5.27. The topological polar surface area (TPSA) is 256 Å². The Morgan fingerprint density at radius 2 is 0.667 bits per heavy atom. The van der Waals surface area contributed by atoms with Crippen molar-refractivity contribution in [3.8, 4) is 0 Å². The molecular formula is C60H112N6O15. The first kappa shape index (κ1) is 75.9. The van der Waals surface area contributed by atoms with Crippen molar-refractivity contribution in [2.24, 2.45) is 47.3 Å². The quantitative estimate of drug-likeness (QED) is 0.0251. The maximum atomic E-state index is 13.5. The average Bonchev–Trinajstić information content (AvgIpc) is 3.31. The maximum absolute atomic E-state index is 13.5. The molecule has 0 aliphatic rings. The Kier molecular flexibility index (Phi) is 41.7. The summed E-state index contributed by atoms with van der Waals surface area (Å²) in [7, 11) is 0. The van der Waals surface area contributed by atoms with Gasteiger partial charge in [0.1, 0.15) is 44.2 Å². The Bertz CT molecular complexity index is 1530. The molecule has 0 fully saturated rings. The number of amides is 5. The molecule has 4 N–H and O–H groups in total. The third-order valence-corrected chi connectivity index (χ3v) is 12.4. The predicted molar refractivity (Wildman–Crippen MR) is 313 cm³/mol. The van der Waals surface area contributed by atoms with E-state index in [-0.39, 0.29) is 134 Å². The van der Waals surface area contributed by atoms with E-state index in [9.17, 15) is 38.4 Å². The lowest BCUT2D eigenvalue weighted by Crippen LogP contribution is -2.42. The molecule has 0 radical (unpaired) electrons. The highest BCUT2D eigenvalue weighted by atomic mass is 16.7. The van der Waals surface area contributed by atoms with Crippen molar-refractivity contribution in [1.82, 2.24) is 31.1 Å². The van der Waals surface area contributed by atoms with Crippen LogP contribution in [0.4, 0.5) is 19.2 Å². The van der Waals surface area contributed by atoms with E-state index in [4.69, 9.17) is 33.2 Å². The van der Waals surface area contributed by atoms with Gasteiger partial charge in [-0.3, -0.25) is 19.2 Å². The van der Waals surface area contributed by atoms with Crippen LogP contribution in [0.5, 0.6) is 0 Å². The first-order chi connectivity index (χ1) is 38.0. The molecule has 0 aromatic heterocycles. The first-order valence-corrected chi connectivity index (χ1v) is 30.3. The molecule has 0 atom stereocenters. The van der Waals surface area contributed by atoms with Gasteiger partial charge in [-0.2, -0.15) is 0 Å². The van der Waals surface area contributed by atoms with Crippen molar-refractivity contribution in [2.75, 3.05) is 78.7 Å². The minimum absolute atomic E-state index is 0.000810. The summed E-state index contributed by atoms with van der Waals surface area (Å²) < 4.78 is 38.7. The second kappa shape index (κ2) is 44.5. The molecule has 21 heteroatoms. The van der Waals surface area contributed by atoms with Crippen LogP contribution in [0.1, 0.15) is 188 Å². The van der Waals surface area contributed by atoms with Crippen molar-refractivity contribution >= 4 is 48.2 Å². The smallest absolute Gasteiger partial charge is 0.464 e. The van der Waals surface area contributed by atoms with Gasteiger partial charge in [-0.15, -0.1) is 0 Å². The molecule has 0 aliphatic heterocycles. The van der Waals surface area contributed by atoms with E-state index in [2.05, 4.69) is 132 Å². The zero-order chi connectivity index (χ0) is 61.5. The fourth-order valence-electron chi connectivity index (χ4n) is 9.05. The number of hydrogen-bond acceptors (Lipinski definition) is 16. The summed E-state index contributed by atoms with van der Waals surface area (Å²) >= 11 is 0. The SMILES string of the molecule is CC(C)CC(CC(C)C)OC(=O)NCCN(CCOC(=O)OC(CC(C)C)CC(C)C)C(=O)CCC(=O)NCCNCCOC(=O)CCC(=O)N(CCNC(=O)OC(CC(C)C)CC(C)C)CCOC(=O)OC(CC(C)C)CC(C)C. The molecule has 0 saturated carbocycles. The summed E-state index contributed by atoms with van der Waals surface area (Å²) in [5.74, 6) is 0.841. The fourth-order valence-corrected chi connectivity index (χ4v) is 9.05. The molecule has 0 heterocycles. The zero-order valence-electron chi connectivity index (χ0n) is 52.9. The van der Waals surface area contributed by atoms with Crippen LogP contribution < -0.4 is 21.3 Å². The lowest BCUT2D eigenvalue weighted by atomic mass is 9.98. The number of ether oxygens (including phenoxy) is 7. The van der Waals surface area contributed by atoms with Crippen LogP contribution >= 0.6 is 0 Å². The molecule has 472 valence electrons. The molecule has 0 bridgehead atoms. The molecule has 0 aromatic rings. The van der Waals surface area contributed by atoms with Gasteiger partial charge in [-0.1, -0.05) is 111 Å².